The fourth-order valence-electron chi connectivity index (χ4n) is 2.77. The van der Waals surface area contributed by atoms with Gasteiger partial charge in [-0.1, -0.05) is 12.1 Å². The van der Waals surface area contributed by atoms with E-state index in [4.69, 9.17) is 4.74 Å². The molecule has 1 aliphatic heterocycles. The second-order valence-corrected chi connectivity index (χ2v) is 6.15. The van der Waals surface area contributed by atoms with E-state index in [2.05, 4.69) is 15.6 Å². The van der Waals surface area contributed by atoms with E-state index in [0.717, 1.165) is 48.5 Å². The third kappa shape index (κ3) is 3.92. The second-order valence-electron chi connectivity index (χ2n) is 6.15. The van der Waals surface area contributed by atoms with E-state index in [1.807, 2.05) is 38.1 Å². The van der Waals surface area contributed by atoms with E-state index >= 15 is 0 Å². The van der Waals surface area contributed by atoms with Crippen molar-refractivity contribution in [3.8, 4) is 0 Å². The number of nitrogens with zero attached hydrogens (tertiary/aromatic N) is 1. The molecule has 1 aromatic carbocycles. The number of carbonyl (C=O) groups is 1. The van der Waals surface area contributed by atoms with E-state index in [-0.39, 0.29) is 12.0 Å². The van der Waals surface area contributed by atoms with Crippen LogP contribution in [0.1, 0.15) is 34.5 Å². The van der Waals surface area contributed by atoms with Crippen LogP contribution < -0.4 is 10.6 Å². The van der Waals surface area contributed by atoms with Crippen LogP contribution >= 0.6 is 0 Å². The van der Waals surface area contributed by atoms with E-state index in [1.54, 1.807) is 12.3 Å². The largest absolute Gasteiger partial charge is 0.382 e. The predicted octanol–water partition coefficient (Wildman–Crippen LogP) is 3.54. The van der Waals surface area contributed by atoms with Crippen LogP contribution in [0.25, 0.3) is 0 Å². The molecule has 2 N–H and O–H groups in total. The Hall–Kier alpha value is -2.40. The average Bonchev–Trinajstić information content (AvgIpc) is 3.11. The first-order valence-corrected chi connectivity index (χ1v) is 8.32. The smallest absolute Gasteiger partial charge is 0.274 e. The van der Waals surface area contributed by atoms with Crippen LogP contribution in [0, 0.1) is 13.8 Å². The maximum Gasteiger partial charge on any atom is 0.274 e. The fourth-order valence-corrected chi connectivity index (χ4v) is 2.77. The molecule has 1 saturated heterocycles. The molecule has 0 radical (unpaired) electrons. The summed E-state index contributed by atoms with van der Waals surface area (Å²) in [5.41, 5.74) is 4.31. The van der Waals surface area contributed by atoms with E-state index in [9.17, 15) is 4.79 Å². The van der Waals surface area contributed by atoms with E-state index in [0.29, 0.717) is 5.69 Å². The summed E-state index contributed by atoms with van der Waals surface area (Å²) < 4.78 is 5.60. The van der Waals surface area contributed by atoms with Crippen molar-refractivity contribution in [2.24, 2.45) is 0 Å². The van der Waals surface area contributed by atoms with Gasteiger partial charge in [0, 0.05) is 30.7 Å². The summed E-state index contributed by atoms with van der Waals surface area (Å²) >= 11 is 0. The van der Waals surface area contributed by atoms with Crippen molar-refractivity contribution in [1.82, 2.24) is 4.98 Å². The van der Waals surface area contributed by atoms with Gasteiger partial charge in [0.2, 0.25) is 0 Å². The quantitative estimate of drug-likeness (QED) is 0.882. The van der Waals surface area contributed by atoms with Gasteiger partial charge >= 0.3 is 0 Å². The summed E-state index contributed by atoms with van der Waals surface area (Å²) in [5, 5.41) is 6.26. The number of carbonyl (C=O) groups excluding carboxylic acids is 1. The first kappa shape index (κ1) is 16.5. The van der Waals surface area contributed by atoms with Gasteiger partial charge in [-0.25, -0.2) is 0 Å². The van der Waals surface area contributed by atoms with Crippen molar-refractivity contribution in [3.63, 3.8) is 0 Å². The van der Waals surface area contributed by atoms with E-state index < -0.39 is 0 Å². The number of amides is 1. The van der Waals surface area contributed by atoms with Crippen LogP contribution in [0.2, 0.25) is 0 Å². The highest BCUT2D eigenvalue weighted by atomic mass is 16.5. The molecule has 1 amide bonds. The summed E-state index contributed by atoms with van der Waals surface area (Å²) in [7, 11) is 0. The zero-order valence-corrected chi connectivity index (χ0v) is 14.1. The Morgan fingerprint density at radius 1 is 1.33 bits per heavy atom. The minimum atomic E-state index is -0.204. The molecule has 0 aliphatic carbocycles. The number of aromatic nitrogens is 1. The molecule has 5 nitrogen and oxygen atoms in total. The van der Waals surface area contributed by atoms with Gasteiger partial charge in [0.05, 0.1) is 6.10 Å². The summed E-state index contributed by atoms with van der Waals surface area (Å²) in [5.74, 6) is -0.204. The third-order valence-electron chi connectivity index (χ3n) is 4.40. The summed E-state index contributed by atoms with van der Waals surface area (Å²) in [6, 6.07) is 9.50. The van der Waals surface area contributed by atoms with Crippen LogP contribution in [0.3, 0.4) is 0 Å². The molecule has 0 spiro atoms. The maximum absolute atomic E-state index is 12.5. The molecule has 24 heavy (non-hydrogen) atoms. The number of hydrogen-bond donors (Lipinski definition) is 2. The van der Waals surface area contributed by atoms with Gasteiger partial charge in [0.15, 0.2) is 0 Å². The average molecular weight is 325 g/mol. The highest BCUT2D eigenvalue weighted by molar-refractivity contribution is 6.03. The Balaban J connectivity index is 1.66. The molecule has 2 aromatic rings. The van der Waals surface area contributed by atoms with Gasteiger partial charge in [0.1, 0.15) is 5.69 Å². The Morgan fingerprint density at radius 2 is 2.21 bits per heavy atom. The minimum Gasteiger partial charge on any atom is -0.382 e. The van der Waals surface area contributed by atoms with E-state index in [1.165, 1.54) is 0 Å². The van der Waals surface area contributed by atoms with Crippen molar-refractivity contribution < 1.29 is 9.53 Å². The topological polar surface area (TPSA) is 63.2 Å². The number of hydrogen-bond acceptors (Lipinski definition) is 4. The van der Waals surface area contributed by atoms with Crippen molar-refractivity contribution in [2.45, 2.75) is 32.8 Å². The van der Waals surface area contributed by atoms with Crippen molar-refractivity contribution in [1.29, 1.82) is 0 Å². The Labute approximate surface area is 142 Å². The van der Waals surface area contributed by atoms with Gasteiger partial charge in [0.25, 0.3) is 5.91 Å². The number of rotatable bonds is 5. The SMILES string of the molecule is Cc1cccc(NC(=O)c2cc(NCC3CCCO3)ccn2)c1C. The molecular weight excluding hydrogens is 302 g/mol. The summed E-state index contributed by atoms with van der Waals surface area (Å²) in [4.78, 5) is 16.6. The molecule has 126 valence electrons. The number of ether oxygens (including phenoxy) is 1. The lowest BCUT2D eigenvalue weighted by Crippen LogP contribution is -2.19. The van der Waals surface area contributed by atoms with Gasteiger partial charge in [-0.15, -0.1) is 0 Å². The lowest BCUT2D eigenvalue weighted by Gasteiger charge is -2.13. The van der Waals surface area contributed by atoms with Gasteiger partial charge in [-0.05, 0) is 56.0 Å². The van der Waals surface area contributed by atoms with Gasteiger partial charge in [-0.2, -0.15) is 0 Å². The number of anilines is 2. The van der Waals surface area contributed by atoms with Crippen molar-refractivity contribution in [3.05, 3.63) is 53.3 Å². The zero-order valence-electron chi connectivity index (χ0n) is 14.1. The molecule has 0 bridgehead atoms. The lowest BCUT2D eigenvalue weighted by molar-refractivity contribution is 0.102. The fraction of sp³-hybridized carbons (Fsp3) is 0.368. The molecule has 1 unspecified atom stereocenters. The van der Waals surface area contributed by atoms with Crippen molar-refractivity contribution in [2.75, 3.05) is 23.8 Å². The first-order chi connectivity index (χ1) is 11.6. The second kappa shape index (κ2) is 7.45. The van der Waals surface area contributed by atoms with Crippen LogP contribution in [0.15, 0.2) is 36.5 Å². The standard InChI is InChI=1S/C19H23N3O2/c1-13-5-3-7-17(14(13)2)22-19(23)18-11-15(8-9-20-18)21-12-16-6-4-10-24-16/h3,5,7-9,11,16H,4,6,10,12H2,1-2H3,(H,20,21)(H,22,23). The molecular formula is C19H23N3O2. The molecule has 1 aliphatic rings. The molecule has 1 fully saturated rings. The molecule has 3 rings (SSSR count). The van der Waals surface area contributed by atoms with Gasteiger partial charge < -0.3 is 15.4 Å². The van der Waals surface area contributed by atoms with Crippen LogP contribution in [-0.4, -0.2) is 30.1 Å². The molecule has 1 aromatic heterocycles. The monoisotopic (exact) mass is 325 g/mol. The molecule has 2 heterocycles. The number of nitrogens with one attached hydrogen (secondary N) is 2. The first-order valence-electron chi connectivity index (χ1n) is 8.32. The number of aryl methyl sites for hydroxylation is 1. The highest BCUT2D eigenvalue weighted by Gasteiger charge is 2.15. The van der Waals surface area contributed by atoms with Crippen molar-refractivity contribution >= 4 is 17.3 Å². The normalized spacial score (nSPS) is 16.8. The Kier molecular flexibility index (Phi) is 5.11. The zero-order chi connectivity index (χ0) is 16.9. The van der Waals surface area contributed by atoms with Crippen LogP contribution in [-0.2, 0) is 4.74 Å². The van der Waals surface area contributed by atoms with Crippen LogP contribution in [0.4, 0.5) is 11.4 Å². The maximum atomic E-state index is 12.5. The number of pyridine rings is 1. The Bertz CT molecular complexity index is 724. The summed E-state index contributed by atoms with van der Waals surface area (Å²) in [6.45, 7) is 5.62. The summed E-state index contributed by atoms with van der Waals surface area (Å²) in [6.07, 6.45) is 4.10. The predicted molar refractivity (Wildman–Crippen MR) is 95.6 cm³/mol. The van der Waals surface area contributed by atoms with Crippen LogP contribution in [0.5, 0.6) is 0 Å². The number of benzene rings is 1. The molecule has 1 atom stereocenters. The molecule has 5 heteroatoms. The Morgan fingerprint density at radius 3 is 3.00 bits per heavy atom. The van der Waals surface area contributed by atoms with Gasteiger partial charge in [-0.3, -0.25) is 9.78 Å². The lowest BCUT2D eigenvalue weighted by atomic mass is 10.1. The highest BCUT2D eigenvalue weighted by Crippen LogP contribution is 2.19. The molecule has 0 saturated carbocycles. The minimum absolute atomic E-state index is 0.204. The third-order valence-corrected chi connectivity index (χ3v) is 4.40.